The Kier molecular flexibility index (Phi) is 4.38. The summed E-state index contributed by atoms with van der Waals surface area (Å²) in [6, 6.07) is 3.50. The molecule has 1 aliphatic carbocycles. The number of carbonyl (C=O) groups is 1. The molecule has 1 saturated carbocycles. The largest absolute Gasteiger partial charge is 0.373 e. The van der Waals surface area contributed by atoms with Crippen molar-refractivity contribution in [2.45, 2.75) is 25.7 Å². The number of Topliss-reactive ketones (excluding diaryl/α,β-unsaturated/α-hetero) is 1. The van der Waals surface area contributed by atoms with Crippen LogP contribution < -0.4 is 0 Å². The van der Waals surface area contributed by atoms with Gasteiger partial charge in [0.2, 0.25) is 0 Å². The van der Waals surface area contributed by atoms with Crippen LogP contribution in [0.15, 0.2) is 12.1 Å². The number of carbonyl (C=O) groups excluding carboxylic acids is 1. The Morgan fingerprint density at radius 2 is 2.19 bits per heavy atom. The molecule has 0 spiro atoms. The second kappa shape index (κ2) is 5.80. The van der Waals surface area contributed by atoms with E-state index in [0.717, 1.165) is 6.61 Å². The van der Waals surface area contributed by atoms with E-state index < -0.39 is 0 Å². The van der Waals surface area contributed by atoms with Crippen molar-refractivity contribution in [1.29, 1.82) is 0 Å². The summed E-state index contributed by atoms with van der Waals surface area (Å²) in [5.74, 6) is 0.703. The lowest BCUT2D eigenvalue weighted by Crippen LogP contribution is -2.12. The summed E-state index contributed by atoms with van der Waals surface area (Å²) in [5, 5.41) is 0. The first-order chi connectivity index (χ1) is 7.75. The smallest absolute Gasteiger partial charge is 0.198 e. The molecule has 2 nitrogen and oxygen atoms in total. The van der Waals surface area contributed by atoms with Crippen LogP contribution in [0.3, 0.4) is 0 Å². The predicted octanol–water partition coefficient (Wildman–Crippen LogP) is 3.79. The van der Waals surface area contributed by atoms with Gasteiger partial charge in [-0.15, -0.1) is 11.3 Å². The fraction of sp³-hybridized carbons (Fsp3) is 0.583. The number of thiophene rings is 1. The van der Waals surface area contributed by atoms with Crippen molar-refractivity contribution in [3.05, 3.63) is 21.3 Å². The quantitative estimate of drug-likeness (QED) is 0.751. The van der Waals surface area contributed by atoms with E-state index in [1.807, 2.05) is 0 Å². The number of rotatable bonds is 5. The Morgan fingerprint density at radius 3 is 2.81 bits per heavy atom. The highest BCUT2D eigenvalue weighted by Gasteiger charge is 2.16. The Bertz CT molecular complexity index is 356. The van der Waals surface area contributed by atoms with Crippen molar-refractivity contribution >= 4 is 28.7 Å². The lowest BCUT2D eigenvalue weighted by molar-refractivity contribution is 0.0685. The fourth-order valence-corrected chi connectivity index (χ4v) is 3.00. The van der Waals surface area contributed by atoms with E-state index >= 15 is 0 Å². The highest BCUT2D eigenvalue weighted by Crippen LogP contribution is 2.25. The minimum Gasteiger partial charge on any atom is -0.373 e. The van der Waals surface area contributed by atoms with Gasteiger partial charge in [-0.1, -0.05) is 24.4 Å². The average molecular weight is 259 g/mol. The van der Waals surface area contributed by atoms with Gasteiger partial charge in [-0.3, -0.25) is 4.79 Å². The third-order valence-corrected chi connectivity index (χ3v) is 4.18. The maximum absolute atomic E-state index is 11.7. The maximum atomic E-state index is 11.7. The molecule has 0 bridgehead atoms. The van der Waals surface area contributed by atoms with Crippen LogP contribution in [0, 0.1) is 5.92 Å². The van der Waals surface area contributed by atoms with E-state index in [0.29, 0.717) is 15.1 Å². The monoisotopic (exact) mass is 258 g/mol. The molecule has 0 N–H and O–H groups in total. The van der Waals surface area contributed by atoms with Crippen molar-refractivity contribution in [2.24, 2.45) is 5.92 Å². The lowest BCUT2D eigenvalue weighted by Gasteiger charge is -2.08. The van der Waals surface area contributed by atoms with E-state index in [4.69, 9.17) is 16.3 Å². The Balaban J connectivity index is 1.71. The molecule has 2 rings (SSSR count). The van der Waals surface area contributed by atoms with E-state index in [9.17, 15) is 4.79 Å². The Morgan fingerprint density at radius 1 is 1.44 bits per heavy atom. The molecular weight excluding hydrogens is 244 g/mol. The number of ketones is 1. The van der Waals surface area contributed by atoms with Crippen molar-refractivity contribution in [3.63, 3.8) is 0 Å². The van der Waals surface area contributed by atoms with E-state index in [1.54, 1.807) is 12.1 Å². The van der Waals surface area contributed by atoms with Crippen molar-refractivity contribution < 1.29 is 9.53 Å². The molecule has 4 heteroatoms. The minimum absolute atomic E-state index is 0.0369. The molecular formula is C12H15ClO2S. The fourth-order valence-electron chi connectivity index (χ4n) is 2.03. The molecule has 88 valence electrons. The summed E-state index contributed by atoms with van der Waals surface area (Å²) in [6.45, 7) is 0.915. The van der Waals surface area contributed by atoms with E-state index in [2.05, 4.69) is 0 Å². The number of halogens is 1. The second-order valence-corrected chi connectivity index (χ2v) is 5.91. The molecule has 1 heterocycles. The molecule has 0 saturated heterocycles. The summed E-state index contributed by atoms with van der Waals surface area (Å²) < 4.78 is 6.11. The van der Waals surface area contributed by atoms with Gasteiger partial charge in [-0.25, -0.2) is 0 Å². The van der Waals surface area contributed by atoms with Crippen LogP contribution in [-0.4, -0.2) is 19.0 Å². The van der Waals surface area contributed by atoms with Crippen LogP contribution >= 0.6 is 22.9 Å². The summed E-state index contributed by atoms with van der Waals surface area (Å²) in [7, 11) is 0. The number of hydrogen-bond acceptors (Lipinski definition) is 3. The van der Waals surface area contributed by atoms with Crippen LogP contribution in [0.1, 0.15) is 35.4 Å². The molecule has 0 aromatic carbocycles. The molecule has 0 atom stereocenters. The van der Waals surface area contributed by atoms with Gasteiger partial charge < -0.3 is 4.74 Å². The van der Waals surface area contributed by atoms with Crippen LogP contribution in [-0.2, 0) is 4.74 Å². The van der Waals surface area contributed by atoms with Crippen molar-refractivity contribution in [1.82, 2.24) is 0 Å². The van der Waals surface area contributed by atoms with Gasteiger partial charge in [0.15, 0.2) is 5.78 Å². The summed E-state index contributed by atoms with van der Waals surface area (Å²) in [4.78, 5) is 12.3. The van der Waals surface area contributed by atoms with E-state index in [1.165, 1.54) is 37.0 Å². The third-order valence-electron chi connectivity index (χ3n) is 2.91. The van der Waals surface area contributed by atoms with Gasteiger partial charge in [0.25, 0.3) is 0 Å². The lowest BCUT2D eigenvalue weighted by atomic mass is 10.1. The predicted molar refractivity (Wildman–Crippen MR) is 66.4 cm³/mol. The van der Waals surface area contributed by atoms with Gasteiger partial charge in [-0.05, 0) is 30.9 Å². The summed E-state index contributed by atoms with van der Waals surface area (Å²) in [6.07, 6.45) is 5.11. The molecule has 0 amide bonds. The molecule has 1 fully saturated rings. The van der Waals surface area contributed by atoms with Crippen molar-refractivity contribution in [3.8, 4) is 0 Å². The zero-order valence-electron chi connectivity index (χ0n) is 9.08. The van der Waals surface area contributed by atoms with Gasteiger partial charge in [0.05, 0.1) is 15.8 Å². The maximum Gasteiger partial charge on any atom is 0.198 e. The standard InChI is InChI=1S/C12H15ClO2S/c13-12-6-5-11(16-12)10(14)8-15-7-9-3-1-2-4-9/h5-6,9H,1-4,7-8H2. The highest BCUT2D eigenvalue weighted by molar-refractivity contribution is 7.18. The molecule has 0 unspecified atom stereocenters. The third kappa shape index (κ3) is 3.30. The SMILES string of the molecule is O=C(COCC1CCCC1)c1ccc(Cl)s1. The minimum atomic E-state index is 0.0369. The van der Waals surface area contributed by atoms with Gasteiger partial charge in [0.1, 0.15) is 6.61 Å². The van der Waals surface area contributed by atoms with Crippen LogP contribution in [0.2, 0.25) is 4.34 Å². The van der Waals surface area contributed by atoms with Gasteiger partial charge in [0, 0.05) is 0 Å². The molecule has 1 aromatic heterocycles. The van der Waals surface area contributed by atoms with Crippen molar-refractivity contribution in [2.75, 3.05) is 13.2 Å². The van der Waals surface area contributed by atoms with Gasteiger partial charge in [-0.2, -0.15) is 0 Å². The van der Waals surface area contributed by atoms with E-state index in [-0.39, 0.29) is 12.4 Å². The molecule has 1 aromatic rings. The first kappa shape index (κ1) is 12.1. The van der Waals surface area contributed by atoms with Crippen LogP contribution in [0.25, 0.3) is 0 Å². The topological polar surface area (TPSA) is 26.3 Å². The van der Waals surface area contributed by atoms with Gasteiger partial charge >= 0.3 is 0 Å². The molecule has 0 radical (unpaired) electrons. The van der Waals surface area contributed by atoms with Crippen LogP contribution in [0.4, 0.5) is 0 Å². The first-order valence-electron chi connectivity index (χ1n) is 5.62. The highest BCUT2D eigenvalue weighted by atomic mass is 35.5. The Hall–Kier alpha value is -0.380. The zero-order valence-corrected chi connectivity index (χ0v) is 10.6. The summed E-state index contributed by atoms with van der Waals surface area (Å²) in [5.41, 5.74) is 0. The number of hydrogen-bond donors (Lipinski definition) is 0. The molecule has 1 aliphatic rings. The normalized spacial score (nSPS) is 16.8. The summed E-state index contributed by atoms with van der Waals surface area (Å²) >= 11 is 7.08. The molecule has 16 heavy (non-hydrogen) atoms. The van der Waals surface area contributed by atoms with Crippen LogP contribution in [0.5, 0.6) is 0 Å². The molecule has 0 aliphatic heterocycles. The number of ether oxygens (including phenoxy) is 1. The second-order valence-electron chi connectivity index (χ2n) is 4.19. The Labute approximate surface area is 105 Å². The first-order valence-corrected chi connectivity index (χ1v) is 6.81. The average Bonchev–Trinajstić information content (AvgIpc) is 2.89. The zero-order chi connectivity index (χ0) is 11.4.